The van der Waals surface area contributed by atoms with Gasteiger partial charge in [0, 0.05) is 25.6 Å². The van der Waals surface area contributed by atoms with E-state index in [9.17, 15) is 4.79 Å². The Morgan fingerprint density at radius 1 is 1.08 bits per heavy atom. The molecule has 4 heteroatoms. The van der Waals surface area contributed by atoms with E-state index in [0.29, 0.717) is 26.3 Å². The van der Waals surface area contributed by atoms with E-state index in [1.54, 1.807) is 6.08 Å². The molecule has 1 aliphatic rings. The summed E-state index contributed by atoms with van der Waals surface area (Å²) in [7, 11) is 0. The van der Waals surface area contributed by atoms with E-state index in [1.807, 2.05) is 66.4 Å². The molecule has 25 heavy (non-hydrogen) atoms. The minimum Gasteiger partial charge on any atom is -0.490 e. The molecule has 1 aliphatic heterocycles. The third-order valence-corrected chi connectivity index (χ3v) is 4.10. The Labute approximate surface area is 148 Å². The normalized spacial score (nSPS) is 13.5. The Balaban J connectivity index is 1.67. The fraction of sp³-hybridized carbons (Fsp3) is 0.286. The van der Waals surface area contributed by atoms with E-state index >= 15 is 0 Å². The number of ether oxygens (including phenoxy) is 2. The summed E-state index contributed by atoms with van der Waals surface area (Å²) < 4.78 is 11.3. The Morgan fingerprint density at radius 2 is 1.84 bits per heavy atom. The van der Waals surface area contributed by atoms with Crippen molar-refractivity contribution in [2.24, 2.45) is 0 Å². The van der Waals surface area contributed by atoms with Gasteiger partial charge in [-0.2, -0.15) is 0 Å². The standard InChI is InChI=1S/C21H23NO3/c1-2-22(16-18-7-4-3-5-8-18)21(23)12-10-17-9-11-19-20(15-17)25-14-6-13-24-19/h3-5,7-12,15H,2,6,13-14,16H2,1H3/b12-10+. The van der Waals surface area contributed by atoms with Crippen molar-refractivity contribution in [3.05, 3.63) is 65.7 Å². The van der Waals surface area contributed by atoms with Crippen LogP contribution < -0.4 is 9.47 Å². The highest BCUT2D eigenvalue weighted by molar-refractivity contribution is 5.91. The molecule has 0 N–H and O–H groups in total. The quantitative estimate of drug-likeness (QED) is 0.777. The van der Waals surface area contributed by atoms with Crippen LogP contribution in [-0.2, 0) is 11.3 Å². The predicted molar refractivity (Wildman–Crippen MR) is 98.6 cm³/mol. The first-order valence-electron chi connectivity index (χ1n) is 8.67. The van der Waals surface area contributed by atoms with Gasteiger partial charge in [-0.05, 0) is 36.3 Å². The number of amides is 1. The first kappa shape index (κ1) is 17.1. The molecule has 4 nitrogen and oxygen atoms in total. The molecular formula is C21H23NO3. The first-order valence-corrected chi connectivity index (χ1v) is 8.67. The van der Waals surface area contributed by atoms with Gasteiger partial charge in [0.2, 0.25) is 5.91 Å². The van der Waals surface area contributed by atoms with Crippen molar-refractivity contribution in [1.82, 2.24) is 4.90 Å². The molecule has 3 rings (SSSR count). The molecule has 0 fully saturated rings. The molecule has 1 amide bonds. The van der Waals surface area contributed by atoms with Gasteiger partial charge < -0.3 is 14.4 Å². The second kappa shape index (κ2) is 8.38. The molecule has 0 atom stereocenters. The number of fused-ring (bicyclic) bond motifs is 1. The van der Waals surface area contributed by atoms with Gasteiger partial charge in [-0.1, -0.05) is 36.4 Å². The first-order chi connectivity index (χ1) is 12.3. The summed E-state index contributed by atoms with van der Waals surface area (Å²) >= 11 is 0. The van der Waals surface area contributed by atoms with E-state index in [2.05, 4.69) is 0 Å². The largest absolute Gasteiger partial charge is 0.490 e. The lowest BCUT2D eigenvalue weighted by atomic mass is 10.1. The van der Waals surface area contributed by atoms with E-state index in [1.165, 1.54) is 0 Å². The van der Waals surface area contributed by atoms with Gasteiger partial charge in [0.15, 0.2) is 11.5 Å². The molecule has 0 unspecified atom stereocenters. The van der Waals surface area contributed by atoms with Gasteiger partial charge >= 0.3 is 0 Å². The molecule has 2 aromatic carbocycles. The second-order valence-corrected chi connectivity index (χ2v) is 5.93. The molecule has 0 saturated carbocycles. The van der Waals surface area contributed by atoms with Gasteiger partial charge in [0.05, 0.1) is 13.2 Å². The van der Waals surface area contributed by atoms with Crippen LogP contribution in [0, 0.1) is 0 Å². The Bertz CT molecular complexity index is 740. The second-order valence-electron chi connectivity index (χ2n) is 5.93. The highest BCUT2D eigenvalue weighted by atomic mass is 16.5. The van der Waals surface area contributed by atoms with Gasteiger partial charge in [0.1, 0.15) is 0 Å². The number of carbonyl (C=O) groups excluding carboxylic acids is 1. The maximum absolute atomic E-state index is 12.5. The highest BCUT2D eigenvalue weighted by Crippen LogP contribution is 2.30. The number of hydrogen-bond acceptors (Lipinski definition) is 3. The van der Waals surface area contributed by atoms with Crippen molar-refractivity contribution in [2.75, 3.05) is 19.8 Å². The van der Waals surface area contributed by atoms with Crippen LogP contribution in [0.5, 0.6) is 11.5 Å². The Hall–Kier alpha value is -2.75. The molecule has 130 valence electrons. The average molecular weight is 337 g/mol. The molecule has 0 radical (unpaired) electrons. The molecule has 0 spiro atoms. The molecular weight excluding hydrogens is 314 g/mol. The zero-order chi connectivity index (χ0) is 17.5. The predicted octanol–water partition coefficient (Wildman–Crippen LogP) is 3.91. The van der Waals surface area contributed by atoms with E-state index in [4.69, 9.17) is 9.47 Å². The molecule has 2 aromatic rings. The Morgan fingerprint density at radius 3 is 2.60 bits per heavy atom. The summed E-state index contributed by atoms with van der Waals surface area (Å²) in [5, 5.41) is 0. The lowest BCUT2D eigenvalue weighted by Crippen LogP contribution is -2.28. The van der Waals surface area contributed by atoms with Crippen LogP contribution in [0.1, 0.15) is 24.5 Å². The molecule has 0 aromatic heterocycles. The number of carbonyl (C=O) groups is 1. The number of rotatable bonds is 5. The molecule has 0 aliphatic carbocycles. The highest BCUT2D eigenvalue weighted by Gasteiger charge is 2.11. The Kier molecular flexibility index (Phi) is 5.73. The van der Waals surface area contributed by atoms with Crippen LogP contribution in [0.15, 0.2) is 54.6 Å². The fourth-order valence-electron chi connectivity index (χ4n) is 2.71. The minimum atomic E-state index is -0.00142. The van der Waals surface area contributed by atoms with Gasteiger partial charge in [-0.15, -0.1) is 0 Å². The van der Waals surface area contributed by atoms with Crippen molar-refractivity contribution in [1.29, 1.82) is 0 Å². The monoisotopic (exact) mass is 337 g/mol. The van der Waals surface area contributed by atoms with Crippen molar-refractivity contribution in [3.8, 4) is 11.5 Å². The van der Waals surface area contributed by atoms with E-state index < -0.39 is 0 Å². The SMILES string of the molecule is CCN(Cc1ccccc1)C(=O)/C=C/c1ccc2c(c1)OCCCO2. The maximum Gasteiger partial charge on any atom is 0.246 e. The van der Waals surface area contributed by atoms with Crippen molar-refractivity contribution < 1.29 is 14.3 Å². The number of nitrogens with zero attached hydrogens (tertiary/aromatic N) is 1. The van der Waals surface area contributed by atoms with Crippen LogP contribution in [0.3, 0.4) is 0 Å². The summed E-state index contributed by atoms with van der Waals surface area (Å²) in [6.07, 6.45) is 4.32. The third kappa shape index (κ3) is 4.63. The lowest BCUT2D eigenvalue weighted by molar-refractivity contribution is -0.126. The molecule has 0 bridgehead atoms. The van der Waals surface area contributed by atoms with Crippen LogP contribution in [-0.4, -0.2) is 30.6 Å². The molecule has 1 heterocycles. The van der Waals surface area contributed by atoms with Crippen molar-refractivity contribution in [2.45, 2.75) is 19.9 Å². The van der Waals surface area contributed by atoms with Crippen LogP contribution in [0.2, 0.25) is 0 Å². The van der Waals surface area contributed by atoms with Crippen LogP contribution in [0.4, 0.5) is 0 Å². The topological polar surface area (TPSA) is 38.8 Å². The summed E-state index contributed by atoms with van der Waals surface area (Å²) in [5.41, 5.74) is 2.05. The smallest absolute Gasteiger partial charge is 0.246 e. The van der Waals surface area contributed by atoms with Gasteiger partial charge in [-0.3, -0.25) is 4.79 Å². The maximum atomic E-state index is 12.5. The minimum absolute atomic E-state index is 0.00142. The zero-order valence-electron chi connectivity index (χ0n) is 14.5. The average Bonchev–Trinajstić information content (AvgIpc) is 2.90. The van der Waals surface area contributed by atoms with E-state index in [0.717, 1.165) is 29.0 Å². The summed E-state index contributed by atoms with van der Waals surface area (Å²) in [4.78, 5) is 14.3. The number of benzene rings is 2. The molecule has 0 saturated heterocycles. The number of hydrogen-bond donors (Lipinski definition) is 0. The van der Waals surface area contributed by atoms with E-state index in [-0.39, 0.29) is 5.91 Å². The summed E-state index contributed by atoms with van der Waals surface area (Å²) in [5.74, 6) is 1.50. The van der Waals surface area contributed by atoms with Gasteiger partial charge in [0.25, 0.3) is 0 Å². The lowest BCUT2D eigenvalue weighted by Gasteiger charge is -2.19. The van der Waals surface area contributed by atoms with Crippen molar-refractivity contribution in [3.63, 3.8) is 0 Å². The van der Waals surface area contributed by atoms with Gasteiger partial charge in [-0.25, -0.2) is 0 Å². The number of likely N-dealkylation sites (N-methyl/N-ethyl adjacent to an activating group) is 1. The van der Waals surface area contributed by atoms with Crippen LogP contribution in [0.25, 0.3) is 6.08 Å². The zero-order valence-corrected chi connectivity index (χ0v) is 14.5. The third-order valence-electron chi connectivity index (χ3n) is 4.10. The van der Waals surface area contributed by atoms with Crippen molar-refractivity contribution >= 4 is 12.0 Å². The summed E-state index contributed by atoms with van der Waals surface area (Å²) in [6, 6.07) is 15.8. The summed E-state index contributed by atoms with van der Waals surface area (Å²) in [6.45, 7) is 4.59. The van der Waals surface area contributed by atoms with Crippen LogP contribution >= 0.6 is 0 Å². The fourth-order valence-corrected chi connectivity index (χ4v) is 2.71.